The van der Waals surface area contributed by atoms with E-state index in [2.05, 4.69) is 17.0 Å². The van der Waals surface area contributed by atoms with E-state index in [1.165, 1.54) is 5.56 Å². The van der Waals surface area contributed by atoms with Crippen LogP contribution in [0.25, 0.3) is 6.08 Å². The van der Waals surface area contributed by atoms with Crippen LogP contribution in [0.5, 0.6) is 17.2 Å². The first kappa shape index (κ1) is 19.8. The molecule has 3 heterocycles. The Bertz CT molecular complexity index is 1150. The molecule has 6 heteroatoms. The van der Waals surface area contributed by atoms with E-state index >= 15 is 0 Å². The molecule has 3 aromatic rings. The van der Waals surface area contributed by atoms with E-state index in [1.807, 2.05) is 48.7 Å². The molecule has 2 aromatic carbocycles. The number of thiophene rings is 1. The Labute approximate surface area is 185 Å². The Kier molecular flexibility index (Phi) is 5.26. The fourth-order valence-corrected chi connectivity index (χ4v) is 4.67. The Morgan fingerprint density at radius 1 is 1.19 bits per heavy atom. The molecule has 0 radical (unpaired) electrons. The Balaban J connectivity index is 1.33. The van der Waals surface area contributed by atoms with E-state index in [0.29, 0.717) is 23.8 Å². The van der Waals surface area contributed by atoms with Crippen LogP contribution >= 0.6 is 11.3 Å². The summed E-state index contributed by atoms with van der Waals surface area (Å²) in [6.07, 6.45) is 2.73. The second kappa shape index (κ2) is 8.21. The van der Waals surface area contributed by atoms with Gasteiger partial charge in [0, 0.05) is 35.2 Å². The summed E-state index contributed by atoms with van der Waals surface area (Å²) in [7, 11) is 1.67. The lowest BCUT2D eigenvalue weighted by atomic mass is 10.00. The van der Waals surface area contributed by atoms with Crippen LogP contribution in [0.3, 0.4) is 0 Å². The van der Waals surface area contributed by atoms with Crippen molar-refractivity contribution >= 4 is 23.2 Å². The van der Waals surface area contributed by atoms with Crippen molar-refractivity contribution in [2.75, 3.05) is 20.4 Å². The van der Waals surface area contributed by atoms with Crippen LogP contribution in [0.4, 0.5) is 0 Å². The molecule has 0 atom stereocenters. The van der Waals surface area contributed by atoms with Gasteiger partial charge in [0.15, 0.2) is 5.76 Å². The zero-order valence-electron chi connectivity index (χ0n) is 17.5. The molecule has 0 aliphatic carbocycles. The number of allylic oxidation sites excluding steroid dienone is 1. The summed E-state index contributed by atoms with van der Waals surface area (Å²) in [6, 6.07) is 14.0. The van der Waals surface area contributed by atoms with E-state index in [0.717, 1.165) is 47.0 Å². The highest BCUT2D eigenvalue weighted by Crippen LogP contribution is 2.43. The highest BCUT2D eigenvalue weighted by molar-refractivity contribution is 7.10. The quantitative estimate of drug-likeness (QED) is 0.526. The number of methoxy groups -OCH3 is 1. The monoisotopic (exact) mass is 433 g/mol. The van der Waals surface area contributed by atoms with Crippen LogP contribution in [0, 0.1) is 6.92 Å². The van der Waals surface area contributed by atoms with Gasteiger partial charge >= 0.3 is 0 Å². The van der Waals surface area contributed by atoms with Gasteiger partial charge in [0.2, 0.25) is 5.78 Å². The number of fused-ring (bicyclic) bond motifs is 2. The van der Waals surface area contributed by atoms with Gasteiger partial charge in [-0.2, -0.15) is 0 Å². The van der Waals surface area contributed by atoms with E-state index in [1.54, 1.807) is 18.4 Å². The highest BCUT2D eigenvalue weighted by Gasteiger charge is 2.33. The number of hydrogen-bond acceptors (Lipinski definition) is 6. The molecule has 0 spiro atoms. The molecule has 0 fully saturated rings. The second-order valence-electron chi connectivity index (χ2n) is 7.75. The number of carbonyl (C=O) groups excluding carboxylic acids is 1. The Hall–Kier alpha value is -3.09. The molecule has 0 saturated heterocycles. The van der Waals surface area contributed by atoms with Crippen molar-refractivity contribution in [3.8, 4) is 17.2 Å². The summed E-state index contributed by atoms with van der Waals surface area (Å²) in [5.41, 5.74) is 3.81. The lowest BCUT2D eigenvalue weighted by Crippen LogP contribution is -2.34. The van der Waals surface area contributed by atoms with Gasteiger partial charge < -0.3 is 14.2 Å². The third-order valence-electron chi connectivity index (χ3n) is 5.69. The Morgan fingerprint density at radius 2 is 2.03 bits per heavy atom. The molecule has 2 aliphatic heterocycles. The fraction of sp³-hybridized carbons (Fsp3) is 0.240. The van der Waals surface area contributed by atoms with Crippen molar-refractivity contribution in [3.63, 3.8) is 0 Å². The lowest BCUT2D eigenvalue weighted by molar-refractivity contribution is 0.0954. The van der Waals surface area contributed by atoms with Gasteiger partial charge in [0.05, 0.1) is 12.7 Å². The average Bonchev–Trinajstić information content (AvgIpc) is 3.42. The minimum atomic E-state index is -0.0651. The van der Waals surface area contributed by atoms with E-state index in [9.17, 15) is 4.79 Å². The molecule has 1 aromatic heterocycles. The van der Waals surface area contributed by atoms with Gasteiger partial charge in [-0.05, 0) is 48.6 Å². The summed E-state index contributed by atoms with van der Waals surface area (Å²) in [4.78, 5) is 16.2. The zero-order chi connectivity index (χ0) is 21.4. The molecule has 0 saturated carbocycles. The maximum atomic E-state index is 13.0. The fourth-order valence-electron chi connectivity index (χ4n) is 4.02. The molecular formula is C25H23NO4S. The smallest absolute Gasteiger partial charge is 0.232 e. The maximum absolute atomic E-state index is 13.0. The molecule has 2 aliphatic rings. The second-order valence-corrected chi connectivity index (χ2v) is 8.73. The normalized spacial score (nSPS) is 16.6. The number of hydrogen-bond donors (Lipinski definition) is 0. The number of rotatable bonds is 5. The van der Waals surface area contributed by atoms with Gasteiger partial charge in [-0.1, -0.05) is 18.2 Å². The number of Topliss-reactive ketones (excluding diaryl/α,β-unsaturated/α-hetero) is 1. The summed E-state index contributed by atoms with van der Waals surface area (Å²) >= 11 is 1.58. The van der Waals surface area contributed by atoms with Crippen LogP contribution < -0.4 is 14.2 Å². The molecular weight excluding hydrogens is 410 g/mol. The number of benzene rings is 2. The molecule has 0 amide bonds. The number of ketones is 1. The van der Waals surface area contributed by atoms with Crippen LogP contribution in [0.1, 0.15) is 31.9 Å². The van der Waals surface area contributed by atoms with Crippen molar-refractivity contribution in [2.45, 2.75) is 19.9 Å². The van der Waals surface area contributed by atoms with Crippen molar-refractivity contribution < 1.29 is 19.0 Å². The lowest BCUT2D eigenvalue weighted by Gasteiger charge is -2.30. The summed E-state index contributed by atoms with van der Waals surface area (Å²) in [6.45, 7) is 4.10. The number of nitrogens with zero attached hydrogens (tertiary/aromatic N) is 1. The first-order valence-corrected chi connectivity index (χ1v) is 11.1. The molecule has 158 valence electrons. The largest absolute Gasteiger partial charge is 0.497 e. The van der Waals surface area contributed by atoms with Crippen LogP contribution in [0.2, 0.25) is 0 Å². The van der Waals surface area contributed by atoms with E-state index < -0.39 is 0 Å². The molecule has 0 unspecified atom stereocenters. The third kappa shape index (κ3) is 3.84. The average molecular weight is 434 g/mol. The van der Waals surface area contributed by atoms with Gasteiger partial charge in [-0.25, -0.2) is 0 Å². The summed E-state index contributed by atoms with van der Waals surface area (Å²) < 4.78 is 17.3. The number of carbonyl (C=O) groups is 1. The van der Waals surface area contributed by atoms with Gasteiger partial charge in [0.25, 0.3) is 0 Å². The molecule has 5 rings (SSSR count). The van der Waals surface area contributed by atoms with E-state index in [-0.39, 0.29) is 5.78 Å². The minimum absolute atomic E-state index is 0.0651. The van der Waals surface area contributed by atoms with Gasteiger partial charge in [-0.15, -0.1) is 11.3 Å². The van der Waals surface area contributed by atoms with Crippen LogP contribution in [-0.4, -0.2) is 31.1 Å². The van der Waals surface area contributed by atoms with Crippen molar-refractivity contribution in [3.05, 3.63) is 80.7 Å². The van der Waals surface area contributed by atoms with Crippen LogP contribution in [0.15, 0.2) is 53.6 Å². The summed E-state index contributed by atoms with van der Waals surface area (Å²) in [5.74, 6) is 2.63. The van der Waals surface area contributed by atoms with E-state index in [4.69, 9.17) is 14.2 Å². The Morgan fingerprint density at radius 3 is 2.77 bits per heavy atom. The van der Waals surface area contributed by atoms with Gasteiger partial charge in [0.1, 0.15) is 24.0 Å². The topological polar surface area (TPSA) is 48.0 Å². The molecule has 0 bridgehead atoms. The van der Waals surface area contributed by atoms with Gasteiger partial charge in [-0.3, -0.25) is 9.69 Å². The standard InChI is InChI=1S/C25H23NO4S/c1-16-24-18(12-21-23(27)22(30-25(16)21)13-20-4-3-11-31-20)14-26(15-29-24)10-9-17-5-7-19(28-2)8-6-17/h3-8,11-13H,9-10,14-15H2,1-2H3/b22-13-. The highest BCUT2D eigenvalue weighted by atomic mass is 32.1. The molecule has 5 nitrogen and oxygen atoms in total. The maximum Gasteiger partial charge on any atom is 0.232 e. The SMILES string of the molecule is COc1ccc(CCN2COc3c(cc4c(c3C)O/C(=C\c3cccs3)C4=O)C2)cc1. The first-order chi connectivity index (χ1) is 15.1. The minimum Gasteiger partial charge on any atom is -0.497 e. The summed E-state index contributed by atoms with van der Waals surface area (Å²) in [5, 5.41) is 1.98. The third-order valence-corrected chi connectivity index (χ3v) is 6.51. The first-order valence-electron chi connectivity index (χ1n) is 10.2. The predicted molar refractivity (Wildman–Crippen MR) is 121 cm³/mol. The molecule has 31 heavy (non-hydrogen) atoms. The zero-order valence-corrected chi connectivity index (χ0v) is 18.3. The van der Waals surface area contributed by atoms with Crippen molar-refractivity contribution in [2.24, 2.45) is 0 Å². The van der Waals surface area contributed by atoms with Crippen molar-refractivity contribution in [1.29, 1.82) is 0 Å². The van der Waals surface area contributed by atoms with Crippen LogP contribution in [-0.2, 0) is 13.0 Å². The number of ether oxygens (including phenoxy) is 3. The van der Waals surface area contributed by atoms with Crippen molar-refractivity contribution in [1.82, 2.24) is 4.90 Å². The molecule has 0 N–H and O–H groups in total. The predicted octanol–water partition coefficient (Wildman–Crippen LogP) is 5.08.